The van der Waals surface area contributed by atoms with E-state index in [1.54, 1.807) is 12.1 Å². The molecule has 1 amide bonds. The van der Waals surface area contributed by atoms with Crippen LogP contribution in [0.4, 0.5) is 0 Å². The van der Waals surface area contributed by atoms with Gasteiger partial charge in [-0.05, 0) is 36.8 Å². The van der Waals surface area contributed by atoms with Crippen LogP contribution in [0.5, 0.6) is 0 Å². The third-order valence-corrected chi connectivity index (χ3v) is 4.26. The number of aryl methyl sites for hydroxylation is 1. The Balaban J connectivity index is 1.60. The number of amides is 1. The summed E-state index contributed by atoms with van der Waals surface area (Å²) >= 11 is 6.00. The van der Waals surface area contributed by atoms with Crippen molar-refractivity contribution in [1.29, 1.82) is 0 Å². The number of nitrogens with one attached hydrogen (secondary N) is 1. The molecular weight excluding hydrogens is 336 g/mol. The molecule has 25 heavy (non-hydrogen) atoms. The van der Waals surface area contributed by atoms with Gasteiger partial charge in [0.1, 0.15) is 0 Å². The molecule has 2 heterocycles. The third-order valence-electron chi connectivity index (χ3n) is 4.03. The van der Waals surface area contributed by atoms with Crippen molar-refractivity contribution < 1.29 is 9.21 Å². The molecule has 0 aliphatic carbocycles. The van der Waals surface area contributed by atoms with Crippen LogP contribution in [0.3, 0.4) is 0 Å². The van der Waals surface area contributed by atoms with Crippen LogP contribution in [0.2, 0.25) is 5.02 Å². The predicted octanol–water partition coefficient (Wildman–Crippen LogP) is 4.87. The highest BCUT2D eigenvalue weighted by Crippen LogP contribution is 2.25. The van der Waals surface area contributed by atoms with Crippen LogP contribution in [-0.4, -0.2) is 10.9 Å². The van der Waals surface area contributed by atoms with E-state index in [1.807, 2.05) is 49.4 Å². The van der Waals surface area contributed by atoms with Crippen LogP contribution in [0.15, 0.2) is 59.0 Å². The van der Waals surface area contributed by atoms with Crippen molar-refractivity contribution in [2.75, 3.05) is 0 Å². The zero-order valence-corrected chi connectivity index (χ0v) is 14.3. The SMILES string of the molecule is Cc1cccc(CNC(=O)c2cc3cc4ccc(Cl)cc4nc3o2)c1. The van der Waals surface area contributed by atoms with Gasteiger partial charge in [-0.1, -0.05) is 47.5 Å². The van der Waals surface area contributed by atoms with Gasteiger partial charge in [0.25, 0.3) is 5.91 Å². The van der Waals surface area contributed by atoms with E-state index < -0.39 is 0 Å². The number of carbonyl (C=O) groups excluding carboxylic acids is 1. The van der Waals surface area contributed by atoms with E-state index in [2.05, 4.69) is 10.3 Å². The van der Waals surface area contributed by atoms with E-state index in [4.69, 9.17) is 16.0 Å². The number of rotatable bonds is 3. The Labute approximate surface area is 149 Å². The molecule has 1 N–H and O–H groups in total. The Morgan fingerprint density at radius 2 is 2.00 bits per heavy atom. The third kappa shape index (κ3) is 3.21. The number of hydrogen-bond acceptors (Lipinski definition) is 3. The van der Waals surface area contributed by atoms with Crippen LogP contribution < -0.4 is 5.32 Å². The fourth-order valence-electron chi connectivity index (χ4n) is 2.80. The Kier molecular flexibility index (Phi) is 3.90. The first-order valence-electron chi connectivity index (χ1n) is 7.92. The minimum atomic E-state index is -0.262. The Hall–Kier alpha value is -2.85. The summed E-state index contributed by atoms with van der Waals surface area (Å²) in [5, 5.41) is 5.22. The molecule has 2 aromatic carbocycles. The lowest BCUT2D eigenvalue weighted by Gasteiger charge is -2.04. The Bertz CT molecular complexity index is 1100. The van der Waals surface area contributed by atoms with Crippen molar-refractivity contribution in [3.63, 3.8) is 0 Å². The Morgan fingerprint density at radius 1 is 1.12 bits per heavy atom. The molecule has 4 aromatic rings. The van der Waals surface area contributed by atoms with E-state index >= 15 is 0 Å². The number of fused-ring (bicyclic) bond motifs is 2. The van der Waals surface area contributed by atoms with Crippen molar-refractivity contribution in [3.05, 3.63) is 76.5 Å². The zero-order valence-electron chi connectivity index (χ0n) is 13.5. The summed E-state index contributed by atoms with van der Waals surface area (Å²) in [5.41, 5.74) is 3.37. The number of pyridine rings is 1. The Morgan fingerprint density at radius 3 is 2.84 bits per heavy atom. The van der Waals surface area contributed by atoms with E-state index in [-0.39, 0.29) is 11.7 Å². The smallest absolute Gasteiger partial charge is 0.287 e. The maximum atomic E-state index is 12.4. The van der Waals surface area contributed by atoms with Crippen molar-refractivity contribution in [3.8, 4) is 0 Å². The maximum Gasteiger partial charge on any atom is 0.287 e. The number of furan rings is 1. The molecule has 0 unspecified atom stereocenters. The van der Waals surface area contributed by atoms with Crippen LogP contribution in [0.1, 0.15) is 21.7 Å². The standard InChI is InChI=1S/C20H15ClN2O2/c1-12-3-2-4-13(7-12)11-22-19(24)18-9-15-8-14-5-6-16(21)10-17(14)23-20(15)25-18/h2-10H,11H2,1H3,(H,22,24). The number of aromatic nitrogens is 1. The summed E-state index contributed by atoms with van der Waals surface area (Å²) in [4.78, 5) is 16.8. The first-order chi connectivity index (χ1) is 12.1. The second-order valence-electron chi connectivity index (χ2n) is 6.00. The predicted molar refractivity (Wildman–Crippen MR) is 98.9 cm³/mol. The van der Waals surface area contributed by atoms with Gasteiger partial charge in [0, 0.05) is 22.3 Å². The van der Waals surface area contributed by atoms with Crippen LogP contribution in [0.25, 0.3) is 22.0 Å². The molecule has 124 valence electrons. The summed E-state index contributed by atoms with van der Waals surface area (Å²) < 4.78 is 5.62. The second-order valence-corrected chi connectivity index (χ2v) is 6.44. The highest BCUT2D eigenvalue weighted by Gasteiger charge is 2.13. The maximum absolute atomic E-state index is 12.4. The first kappa shape index (κ1) is 15.7. The summed E-state index contributed by atoms with van der Waals surface area (Å²) in [5.74, 6) is -0.0156. The molecule has 4 rings (SSSR count). The number of benzene rings is 2. The molecule has 0 saturated heterocycles. The topological polar surface area (TPSA) is 55.1 Å². The molecule has 4 nitrogen and oxygen atoms in total. The molecule has 0 aliphatic rings. The number of hydrogen-bond donors (Lipinski definition) is 1. The molecule has 0 fully saturated rings. The zero-order chi connectivity index (χ0) is 17.4. The molecule has 0 radical (unpaired) electrons. The minimum absolute atomic E-state index is 0.247. The average molecular weight is 351 g/mol. The molecule has 0 spiro atoms. The molecule has 0 atom stereocenters. The normalized spacial score (nSPS) is 11.1. The number of halogens is 1. The lowest BCUT2D eigenvalue weighted by atomic mass is 10.1. The monoisotopic (exact) mass is 350 g/mol. The molecular formula is C20H15ClN2O2. The molecule has 2 aromatic heterocycles. The molecule has 0 aliphatic heterocycles. The average Bonchev–Trinajstić information content (AvgIpc) is 3.00. The minimum Gasteiger partial charge on any atom is -0.433 e. The summed E-state index contributed by atoms with van der Waals surface area (Å²) in [6.07, 6.45) is 0. The van der Waals surface area contributed by atoms with E-state index in [9.17, 15) is 4.79 Å². The van der Waals surface area contributed by atoms with Crippen LogP contribution in [-0.2, 0) is 6.54 Å². The van der Waals surface area contributed by atoms with Crippen molar-refractivity contribution in [2.45, 2.75) is 13.5 Å². The highest BCUT2D eigenvalue weighted by atomic mass is 35.5. The van der Waals surface area contributed by atoms with Crippen LogP contribution >= 0.6 is 11.6 Å². The largest absolute Gasteiger partial charge is 0.433 e. The quantitative estimate of drug-likeness (QED) is 0.573. The van der Waals surface area contributed by atoms with Crippen molar-refractivity contribution >= 4 is 39.5 Å². The highest BCUT2D eigenvalue weighted by molar-refractivity contribution is 6.31. The molecule has 0 saturated carbocycles. The lowest BCUT2D eigenvalue weighted by Crippen LogP contribution is -2.22. The summed E-state index contributed by atoms with van der Waals surface area (Å²) in [6, 6.07) is 17.1. The van der Waals surface area contributed by atoms with Gasteiger partial charge in [0.2, 0.25) is 5.71 Å². The number of carbonyl (C=O) groups is 1. The summed E-state index contributed by atoms with van der Waals surface area (Å²) in [6.45, 7) is 2.47. The van der Waals surface area contributed by atoms with Crippen LogP contribution in [0, 0.1) is 6.92 Å². The summed E-state index contributed by atoms with van der Waals surface area (Å²) in [7, 11) is 0. The molecule has 0 bridgehead atoms. The van der Waals surface area contributed by atoms with Crippen molar-refractivity contribution in [1.82, 2.24) is 10.3 Å². The van der Waals surface area contributed by atoms with Gasteiger partial charge in [0.05, 0.1) is 5.52 Å². The molecule has 5 heteroatoms. The van der Waals surface area contributed by atoms with Gasteiger partial charge < -0.3 is 9.73 Å². The van der Waals surface area contributed by atoms with Gasteiger partial charge in [-0.3, -0.25) is 4.79 Å². The van der Waals surface area contributed by atoms with Gasteiger partial charge in [-0.25, -0.2) is 4.98 Å². The fourth-order valence-corrected chi connectivity index (χ4v) is 2.97. The lowest BCUT2D eigenvalue weighted by molar-refractivity contribution is 0.0925. The van der Waals surface area contributed by atoms with E-state index in [0.717, 1.165) is 27.4 Å². The van der Waals surface area contributed by atoms with Crippen molar-refractivity contribution in [2.24, 2.45) is 0 Å². The van der Waals surface area contributed by atoms with Gasteiger partial charge in [-0.15, -0.1) is 0 Å². The number of nitrogens with zero attached hydrogens (tertiary/aromatic N) is 1. The second kappa shape index (κ2) is 6.22. The van der Waals surface area contributed by atoms with Gasteiger partial charge >= 0.3 is 0 Å². The van der Waals surface area contributed by atoms with E-state index in [0.29, 0.717) is 17.3 Å². The van der Waals surface area contributed by atoms with Gasteiger partial charge in [0.15, 0.2) is 5.76 Å². The van der Waals surface area contributed by atoms with E-state index in [1.165, 1.54) is 0 Å². The fraction of sp³-hybridized carbons (Fsp3) is 0.100. The first-order valence-corrected chi connectivity index (χ1v) is 8.30. The van der Waals surface area contributed by atoms with Gasteiger partial charge in [-0.2, -0.15) is 0 Å².